The number of ether oxygens (including phenoxy) is 1. The van der Waals surface area contributed by atoms with E-state index in [0.717, 1.165) is 39.4 Å². The highest BCUT2D eigenvalue weighted by molar-refractivity contribution is 5.07. The fourth-order valence-corrected chi connectivity index (χ4v) is 2.25. The number of nitrogens with one attached hydrogen (secondary N) is 1. The molecule has 0 unspecified atom stereocenters. The maximum Gasteiger partial charge on any atom is 0.0645 e. The molecule has 1 saturated heterocycles. The van der Waals surface area contributed by atoms with E-state index in [1.165, 1.54) is 5.56 Å². The molecule has 1 aromatic rings. The Morgan fingerprint density at radius 3 is 3.11 bits per heavy atom. The number of hydrogen-bond acceptors (Lipinski definition) is 4. The van der Waals surface area contributed by atoms with Crippen molar-refractivity contribution in [2.75, 3.05) is 32.8 Å². The zero-order valence-corrected chi connectivity index (χ0v) is 11.4. The molecule has 2 rings (SSSR count). The van der Waals surface area contributed by atoms with Gasteiger partial charge in [0.2, 0.25) is 0 Å². The summed E-state index contributed by atoms with van der Waals surface area (Å²) in [4.78, 5) is 6.60. The van der Waals surface area contributed by atoms with Crippen LogP contribution in [0.5, 0.6) is 0 Å². The Morgan fingerprint density at radius 1 is 1.50 bits per heavy atom. The van der Waals surface area contributed by atoms with Gasteiger partial charge in [0.15, 0.2) is 0 Å². The Hall–Kier alpha value is -0.970. The van der Waals surface area contributed by atoms with Crippen LogP contribution in [0.3, 0.4) is 0 Å². The fourth-order valence-electron chi connectivity index (χ4n) is 2.25. The second kappa shape index (κ2) is 6.27. The van der Waals surface area contributed by atoms with Crippen LogP contribution in [0.25, 0.3) is 0 Å². The number of aromatic nitrogens is 1. The van der Waals surface area contributed by atoms with Crippen molar-refractivity contribution in [3.05, 3.63) is 30.1 Å². The molecule has 0 saturated carbocycles. The van der Waals surface area contributed by atoms with E-state index in [4.69, 9.17) is 4.74 Å². The number of pyridine rings is 1. The molecule has 4 heteroatoms. The SMILES string of the molecule is CC1(C)COCCN1CCNCc1cccnc1. The van der Waals surface area contributed by atoms with E-state index < -0.39 is 0 Å². The molecule has 1 fully saturated rings. The lowest BCUT2D eigenvalue weighted by atomic mass is 10.0. The van der Waals surface area contributed by atoms with E-state index in [0.29, 0.717) is 0 Å². The number of rotatable bonds is 5. The molecule has 0 bridgehead atoms. The average molecular weight is 249 g/mol. The molecule has 0 spiro atoms. The Labute approximate surface area is 109 Å². The molecule has 0 radical (unpaired) electrons. The quantitative estimate of drug-likeness (QED) is 0.798. The maximum atomic E-state index is 5.52. The summed E-state index contributed by atoms with van der Waals surface area (Å²) in [6.45, 7) is 10.2. The van der Waals surface area contributed by atoms with E-state index in [2.05, 4.69) is 35.1 Å². The Bertz CT molecular complexity index is 353. The topological polar surface area (TPSA) is 37.4 Å². The summed E-state index contributed by atoms with van der Waals surface area (Å²) >= 11 is 0. The van der Waals surface area contributed by atoms with Crippen molar-refractivity contribution in [1.82, 2.24) is 15.2 Å². The first-order valence-corrected chi connectivity index (χ1v) is 6.61. The predicted molar refractivity (Wildman–Crippen MR) is 72.4 cm³/mol. The standard InChI is InChI=1S/C14H23N3O/c1-14(2)12-18-9-8-17(14)7-6-16-11-13-4-3-5-15-10-13/h3-5,10,16H,6-9,11-12H2,1-2H3. The van der Waals surface area contributed by atoms with Crippen molar-refractivity contribution >= 4 is 0 Å². The molecule has 18 heavy (non-hydrogen) atoms. The molecule has 0 aliphatic carbocycles. The Kier molecular flexibility index (Phi) is 4.69. The highest BCUT2D eigenvalue weighted by Gasteiger charge is 2.29. The number of hydrogen-bond donors (Lipinski definition) is 1. The van der Waals surface area contributed by atoms with Crippen LogP contribution < -0.4 is 5.32 Å². The van der Waals surface area contributed by atoms with Crippen LogP contribution in [0.1, 0.15) is 19.4 Å². The minimum absolute atomic E-state index is 0.161. The Balaban J connectivity index is 1.69. The zero-order chi connectivity index (χ0) is 12.8. The first-order valence-electron chi connectivity index (χ1n) is 6.61. The summed E-state index contributed by atoms with van der Waals surface area (Å²) in [7, 11) is 0. The summed E-state index contributed by atoms with van der Waals surface area (Å²) < 4.78 is 5.52. The zero-order valence-electron chi connectivity index (χ0n) is 11.4. The van der Waals surface area contributed by atoms with Gasteiger partial charge in [0, 0.05) is 44.1 Å². The van der Waals surface area contributed by atoms with Crippen molar-refractivity contribution in [3.8, 4) is 0 Å². The van der Waals surface area contributed by atoms with Crippen molar-refractivity contribution in [2.45, 2.75) is 25.9 Å². The maximum absolute atomic E-state index is 5.52. The van der Waals surface area contributed by atoms with Crippen LogP contribution in [0.2, 0.25) is 0 Å². The van der Waals surface area contributed by atoms with Crippen LogP contribution in [0, 0.1) is 0 Å². The van der Waals surface area contributed by atoms with Gasteiger partial charge in [-0.1, -0.05) is 6.07 Å². The molecule has 0 amide bonds. The van der Waals surface area contributed by atoms with E-state index in [9.17, 15) is 0 Å². The largest absolute Gasteiger partial charge is 0.378 e. The molecule has 1 aromatic heterocycles. The van der Waals surface area contributed by atoms with Gasteiger partial charge < -0.3 is 10.1 Å². The monoisotopic (exact) mass is 249 g/mol. The van der Waals surface area contributed by atoms with Gasteiger partial charge in [-0.15, -0.1) is 0 Å². The average Bonchev–Trinajstić information content (AvgIpc) is 2.37. The summed E-state index contributed by atoms with van der Waals surface area (Å²) in [6, 6.07) is 4.07. The molecule has 1 aliphatic heterocycles. The van der Waals surface area contributed by atoms with E-state index >= 15 is 0 Å². The normalized spacial score (nSPS) is 19.9. The van der Waals surface area contributed by atoms with Crippen molar-refractivity contribution < 1.29 is 4.74 Å². The minimum Gasteiger partial charge on any atom is -0.378 e. The molecular formula is C14H23N3O. The lowest BCUT2D eigenvalue weighted by Gasteiger charge is -2.42. The van der Waals surface area contributed by atoms with Gasteiger partial charge >= 0.3 is 0 Å². The summed E-state index contributed by atoms with van der Waals surface area (Å²) in [6.07, 6.45) is 3.71. The van der Waals surface area contributed by atoms with Gasteiger partial charge in [-0.05, 0) is 25.5 Å². The van der Waals surface area contributed by atoms with Gasteiger partial charge in [0.25, 0.3) is 0 Å². The first kappa shape index (κ1) is 13.5. The summed E-state index contributed by atoms with van der Waals surface area (Å²) in [5, 5.41) is 3.46. The lowest BCUT2D eigenvalue weighted by molar-refractivity contribution is -0.0500. The highest BCUT2D eigenvalue weighted by atomic mass is 16.5. The third-order valence-electron chi connectivity index (χ3n) is 3.43. The smallest absolute Gasteiger partial charge is 0.0645 e. The second-order valence-corrected chi connectivity index (χ2v) is 5.39. The molecular weight excluding hydrogens is 226 g/mol. The molecule has 1 aliphatic rings. The third-order valence-corrected chi connectivity index (χ3v) is 3.43. The van der Waals surface area contributed by atoms with Crippen LogP contribution >= 0.6 is 0 Å². The molecule has 0 aromatic carbocycles. The Morgan fingerprint density at radius 2 is 2.39 bits per heavy atom. The van der Waals surface area contributed by atoms with Crippen molar-refractivity contribution in [2.24, 2.45) is 0 Å². The van der Waals surface area contributed by atoms with Crippen molar-refractivity contribution in [3.63, 3.8) is 0 Å². The summed E-state index contributed by atoms with van der Waals surface area (Å²) in [5.74, 6) is 0. The minimum atomic E-state index is 0.161. The van der Waals surface area contributed by atoms with Crippen LogP contribution in [0.4, 0.5) is 0 Å². The molecule has 0 atom stereocenters. The van der Waals surface area contributed by atoms with Crippen molar-refractivity contribution in [1.29, 1.82) is 0 Å². The molecule has 2 heterocycles. The molecule has 1 N–H and O–H groups in total. The third kappa shape index (κ3) is 3.77. The lowest BCUT2D eigenvalue weighted by Crippen LogP contribution is -2.54. The van der Waals surface area contributed by atoms with E-state index in [-0.39, 0.29) is 5.54 Å². The summed E-state index contributed by atoms with van der Waals surface area (Å²) in [5.41, 5.74) is 1.40. The number of morpholine rings is 1. The van der Waals surface area contributed by atoms with Crippen LogP contribution in [-0.2, 0) is 11.3 Å². The highest BCUT2D eigenvalue weighted by Crippen LogP contribution is 2.17. The van der Waals surface area contributed by atoms with Crippen LogP contribution in [-0.4, -0.2) is 48.3 Å². The van der Waals surface area contributed by atoms with Gasteiger partial charge in [0.05, 0.1) is 13.2 Å². The second-order valence-electron chi connectivity index (χ2n) is 5.39. The van der Waals surface area contributed by atoms with E-state index in [1.807, 2.05) is 12.3 Å². The first-order chi connectivity index (χ1) is 8.68. The van der Waals surface area contributed by atoms with Gasteiger partial charge in [0.1, 0.15) is 0 Å². The van der Waals surface area contributed by atoms with Crippen LogP contribution in [0.15, 0.2) is 24.5 Å². The predicted octanol–water partition coefficient (Wildman–Crippen LogP) is 1.28. The van der Waals surface area contributed by atoms with Gasteiger partial charge in [-0.2, -0.15) is 0 Å². The van der Waals surface area contributed by atoms with Gasteiger partial charge in [-0.3, -0.25) is 9.88 Å². The molecule has 100 valence electrons. The number of nitrogens with zero attached hydrogens (tertiary/aromatic N) is 2. The van der Waals surface area contributed by atoms with E-state index in [1.54, 1.807) is 6.20 Å². The van der Waals surface area contributed by atoms with Gasteiger partial charge in [-0.25, -0.2) is 0 Å². The fraction of sp³-hybridized carbons (Fsp3) is 0.643. The molecule has 4 nitrogen and oxygen atoms in total.